The number of ether oxygens (including phenoxy) is 2. The average molecular weight is 296 g/mol. The van der Waals surface area contributed by atoms with Gasteiger partial charge in [0.2, 0.25) is 0 Å². The maximum Gasteiger partial charge on any atom is 0.340 e. The molecule has 0 aliphatic rings. The van der Waals surface area contributed by atoms with Crippen LogP contribution in [0.15, 0.2) is 48.8 Å². The average Bonchev–Trinajstić information content (AvgIpc) is 2.97. The number of rotatable bonds is 4. The number of fused-ring (bicyclic) bond motifs is 1. The van der Waals surface area contributed by atoms with Crippen molar-refractivity contribution in [1.29, 1.82) is 0 Å². The standard InChI is InChI=1S/C17H16N2O3/c1-21-13-6-3-5-12(9-13)10-16-18-11-15-14(17(20)22-2)7-4-8-19(15)16/h3-9,11H,10H2,1-2H3. The molecule has 5 nitrogen and oxygen atoms in total. The van der Waals surface area contributed by atoms with E-state index in [1.165, 1.54) is 7.11 Å². The molecule has 22 heavy (non-hydrogen) atoms. The molecule has 112 valence electrons. The summed E-state index contributed by atoms with van der Waals surface area (Å²) < 4.78 is 12.0. The van der Waals surface area contributed by atoms with Gasteiger partial charge in [-0.3, -0.25) is 0 Å². The lowest BCUT2D eigenvalue weighted by atomic mass is 10.1. The molecular formula is C17H16N2O3. The number of esters is 1. The smallest absolute Gasteiger partial charge is 0.340 e. The third-order valence-electron chi connectivity index (χ3n) is 3.55. The maximum absolute atomic E-state index is 11.8. The molecule has 0 aliphatic carbocycles. The van der Waals surface area contributed by atoms with E-state index in [1.807, 2.05) is 40.9 Å². The number of benzene rings is 1. The minimum atomic E-state index is -0.363. The predicted molar refractivity (Wildman–Crippen MR) is 82.3 cm³/mol. The van der Waals surface area contributed by atoms with Gasteiger partial charge in [-0.15, -0.1) is 0 Å². The molecule has 3 rings (SSSR count). The summed E-state index contributed by atoms with van der Waals surface area (Å²) in [6.45, 7) is 0. The Morgan fingerprint density at radius 2 is 2.09 bits per heavy atom. The summed E-state index contributed by atoms with van der Waals surface area (Å²) in [5.74, 6) is 1.31. The molecule has 0 radical (unpaired) electrons. The van der Waals surface area contributed by atoms with Crippen LogP contribution >= 0.6 is 0 Å². The van der Waals surface area contributed by atoms with Gasteiger partial charge in [-0.05, 0) is 29.8 Å². The van der Waals surface area contributed by atoms with Crippen LogP contribution in [0.3, 0.4) is 0 Å². The summed E-state index contributed by atoms with van der Waals surface area (Å²) in [6, 6.07) is 11.4. The summed E-state index contributed by atoms with van der Waals surface area (Å²) in [6.07, 6.45) is 4.24. The highest BCUT2D eigenvalue weighted by Crippen LogP contribution is 2.18. The number of hydrogen-bond acceptors (Lipinski definition) is 4. The van der Waals surface area contributed by atoms with Gasteiger partial charge in [-0.2, -0.15) is 0 Å². The summed E-state index contributed by atoms with van der Waals surface area (Å²) in [4.78, 5) is 16.2. The predicted octanol–water partition coefficient (Wildman–Crippen LogP) is 2.72. The fraction of sp³-hybridized carbons (Fsp3) is 0.176. The Kier molecular flexibility index (Phi) is 3.78. The van der Waals surface area contributed by atoms with Gasteiger partial charge < -0.3 is 13.9 Å². The van der Waals surface area contributed by atoms with Crippen molar-refractivity contribution in [2.24, 2.45) is 0 Å². The van der Waals surface area contributed by atoms with E-state index < -0.39 is 0 Å². The van der Waals surface area contributed by atoms with Crippen molar-refractivity contribution in [3.8, 4) is 5.75 Å². The fourth-order valence-electron chi connectivity index (χ4n) is 2.45. The normalized spacial score (nSPS) is 10.6. The summed E-state index contributed by atoms with van der Waals surface area (Å²) in [7, 11) is 3.02. The number of methoxy groups -OCH3 is 2. The minimum absolute atomic E-state index is 0.363. The topological polar surface area (TPSA) is 52.8 Å². The number of carbonyl (C=O) groups is 1. The van der Waals surface area contributed by atoms with E-state index in [0.29, 0.717) is 12.0 Å². The van der Waals surface area contributed by atoms with E-state index in [-0.39, 0.29) is 5.97 Å². The van der Waals surface area contributed by atoms with Crippen molar-refractivity contribution in [2.45, 2.75) is 6.42 Å². The van der Waals surface area contributed by atoms with E-state index in [9.17, 15) is 4.79 Å². The van der Waals surface area contributed by atoms with Crippen LogP contribution in [0.4, 0.5) is 0 Å². The van der Waals surface area contributed by atoms with Crippen molar-refractivity contribution in [3.05, 3.63) is 65.7 Å². The second-order valence-electron chi connectivity index (χ2n) is 4.87. The molecule has 0 amide bonds. The van der Waals surface area contributed by atoms with Gasteiger partial charge in [0.1, 0.15) is 11.6 Å². The SMILES string of the molecule is COC(=O)c1cccn2c(Cc3cccc(OC)c3)ncc12. The molecule has 0 fully saturated rings. The number of pyridine rings is 1. The summed E-state index contributed by atoms with van der Waals surface area (Å²) >= 11 is 0. The number of carbonyl (C=O) groups excluding carboxylic acids is 1. The Bertz CT molecular complexity index is 824. The zero-order valence-electron chi connectivity index (χ0n) is 12.4. The van der Waals surface area contributed by atoms with Crippen LogP contribution in [-0.2, 0) is 11.2 Å². The molecule has 0 aliphatic heterocycles. The van der Waals surface area contributed by atoms with E-state index in [2.05, 4.69) is 4.98 Å². The Hall–Kier alpha value is -2.82. The molecule has 5 heteroatoms. The zero-order valence-corrected chi connectivity index (χ0v) is 12.4. The van der Waals surface area contributed by atoms with Crippen molar-refractivity contribution in [2.75, 3.05) is 14.2 Å². The highest BCUT2D eigenvalue weighted by atomic mass is 16.5. The number of nitrogens with zero attached hydrogens (tertiary/aromatic N) is 2. The first-order valence-electron chi connectivity index (χ1n) is 6.89. The van der Waals surface area contributed by atoms with Crippen LogP contribution in [0, 0.1) is 0 Å². The Labute approximate surface area is 128 Å². The van der Waals surface area contributed by atoms with Crippen LogP contribution in [0.1, 0.15) is 21.7 Å². The van der Waals surface area contributed by atoms with Crippen LogP contribution in [0.2, 0.25) is 0 Å². The third-order valence-corrected chi connectivity index (χ3v) is 3.55. The van der Waals surface area contributed by atoms with Gasteiger partial charge in [-0.1, -0.05) is 12.1 Å². The molecular weight excluding hydrogens is 280 g/mol. The molecule has 2 aromatic heterocycles. The van der Waals surface area contributed by atoms with Gasteiger partial charge >= 0.3 is 5.97 Å². The number of imidazole rings is 1. The van der Waals surface area contributed by atoms with Crippen LogP contribution < -0.4 is 4.74 Å². The Balaban J connectivity index is 2.00. The first-order valence-corrected chi connectivity index (χ1v) is 6.89. The van der Waals surface area contributed by atoms with Crippen LogP contribution in [0.25, 0.3) is 5.52 Å². The number of hydrogen-bond donors (Lipinski definition) is 0. The Morgan fingerprint density at radius 3 is 2.86 bits per heavy atom. The second-order valence-corrected chi connectivity index (χ2v) is 4.87. The van der Waals surface area contributed by atoms with Gasteiger partial charge in [-0.25, -0.2) is 9.78 Å². The quantitative estimate of drug-likeness (QED) is 0.695. The van der Waals surface area contributed by atoms with Crippen LogP contribution in [-0.4, -0.2) is 29.6 Å². The zero-order chi connectivity index (χ0) is 15.5. The van der Waals surface area contributed by atoms with Crippen molar-refractivity contribution in [1.82, 2.24) is 9.38 Å². The van der Waals surface area contributed by atoms with E-state index in [0.717, 1.165) is 22.7 Å². The monoisotopic (exact) mass is 296 g/mol. The Morgan fingerprint density at radius 1 is 1.23 bits per heavy atom. The highest BCUT2D eigenvalue weighted by molar-refractivity contribution is 5.96. The molecule has 0 N–H and O–H groups in total. The lowest BCUT2D eigenvalue weighted by molar-refractivity contribution is 0.0602. The molecule has 1 aromatic carbocycles. The molecule has 0 saturated carbocycles. The first-order chi connectivity index (χ1) is 10.7. The molecule has 0 saturated heterocycles. The van der Waals surface area contributed by atoms with Gasteiger partial charge in [0, 0.05) is 12.6 Å². The van der Waals surface area contributed by atoms with Crippen molar-refractivity contribution < 1.29 is 14.3 Å². The van der Waals surface area contributed by atoms with E-state index >= 15 is 0 Å². The van der Waals surface area contributed by atoms with Crippen molar-refractivity contribution >= 4 is 11.5 Å². The van der Waals surface area contributed by atoms with Crippen molar-refractivity contribution in [3.63, 3.8) is 0 Å². The van der Waals surface area contributed by atoms with Gasteiger partial charge in [0.15, 0.2) is 0 Å². The second kappa shape index (κ2) is 5.89. The molecule has 3 aromatic rings. The van der Waals surface area contributed by atoms with Gasteiger partial charge in [0.05, 0.1) is 31.5 Å². The minimum Gasteiger partial charge on any atom is -0.497 e. The lowest BCUT2D eigenvalue weighted by Crippen LogP contribution is -2.04. The molecule has 0 spiro atoms. The maximum atomic E-state index is 11.8. The largest absolute Gasteiger partial charge is 0.497 e. The summed E-state index contributed by atoms with van der Waals surface area (Å²) in [5, 5.41) is 0. The van der Waals surface area contributed by atoms with Crippen LogP contribution in [0.5, 0.6) is 5.75 Å². The van der Waals surface area contributed by atoms with E-state index in [4.69, 9.17) is 9.47 Å². The third kappa shape index (κ3) is 2.53. The van der Waals surface area contributed by atoms with E-state index in [1.54, 1.807) is 19.4 Å². The molecule has 2 heterocycles. The van der Waals surface area contributed by atoms with Gasteiger partial charge in [0.25, 0.3) is 0 Å². The molecule has 0 bridgehead atoms. The first kappa shape index (κ1) is 14.1. The summed E-state index contributed by atoms with van der Waals surface area (Å²) in [5.41, 5.74) is 2.34. The lowest BCUT2D eigenvalue weighted by Gasteiger charge is -2.06. The highest BCUT2D eigenvalue weighted by Gasteiger charge is 2.13. The molecule has 0 unspecified atom stereocenters. The number of aromatic nitrogens is 2. The molecule has 0 atom stereocenters. The fourth-order valence-corrected chi connectivity index (χ4v) is 2.45.